The van der Waals surface area contributed by atoms with Crippen LogP contribution in [0.5, 0.6) is 0 Å². The highest BCUT2D eigenvalue weighted by Gasteiger charge is 2.20. The summed E-state index contributed by atoms with van der Waals surface area (Å²) in [6.45, 7) is 0.733. The summed E-state index contributed by atoms with van der Waals surface area (Å²) in [4.78, 5) is 25.6. The molecule has 0 spiro atoms. The smallest absolute Gasteiger partial charge is 0.254 e. The van der Waals surface area contributed by atoms with Gasteiger partial charge >= 0.3 is 0 Å². The van der Waals surface area contributed by atoms with Gasteiger partial charge in [0.25, 0.3) is 11.9 Å². The first-order valence-corrected chi connectivity index (χ1v) is 9.86. The summed E-state index contributed by atoms with van der Waals surface area (Å²) in [5.74, 6) is 0.740. The molecule has 4 aromatic heterocycles. The third-order valence-electron chi connectivity index (χ3n) is 4.68. The Balaban J connectivity index is 1.48. The fourth-order valence-corrected chi connectivity index (χ4v) is 3.16. The lowest BCUT2D eigenvalue weighted by molar-refractivity contribution is 0.0948. The molecule has 0 bridgehead atoms. The van der Waals surface area contributed by atoms with E-state index in [1.165, 1.54) is 16.4 Å². The summed E-state index contributed by atoms with van der Waals surface area (Å²) in [5.41, 5.74) is 2.81. The van der Waals surface area contributed by atoms with Crippen LogP contribution in [0.3, 0.4) is 0 Å². The maximum absolute atomic E-state index is 12.8. The average Bonchev–Trinajstić information content (AvgIpc) is 3.48. The molecular weight excluding hydrogens is 396 g/mol. The van der Waals surface area contributed by atoms with Crippen molar-refractivity contribution >= 4 is 5.91 Å². The molecular formula is C22H22N6O3. The standard InChI is InChI=1S/C22H22N6O3/c1-30-15-19-17(21(29)24-9-2-4-16-6-10-23-11-7-16)14-26-28(19)22-25-12-8-18(27-22)20-5-3-13-31-20/h3,5-8,10-14H,2,4,9,15H2,1H3,(H,24,29). The van der Waals surface area contributed by atoms with E-state index < -0.39 is 0 Å². The molecule has 4 aromatic rings. The third kappa shape index (κ3) is 4.84. The van der Waals surface area contributed by atoms with Crippen molar-refractivity contribution < 1.29 is 13.9 Å². The minimum Gasteiger partial charge on any atom is -0.463 e. The number of aryl methyl sites for hydroxylation is 1. The molecule has 31 heavy (non-hydrogen) atoms. The van der Waals surface area contributed by atoms with Crippen LogP contribution in [0.25, 0.3) is 17.4 Å². The molecule has 0 unspecified atom stereocenters. The molecule has 9 nitrogen and oxygen atoms in total. The summed E-state index contributed by atoms with van der Waals surface area (Å²) in [6, 6.07) is 9.30. The molecule has 0 aliphatic rings. The summed E-state index contributed by atoms with van der Waals surface area (Å²) in [7, 11) is 1.56. The predicted octanol–water partition coefficient (Wildman–Crippen LogP) is 2.83. The maximum Gasteiger partial charge on any atom is 0.254 e. The molecule has 1 N–H and O–H groups in total. The molecule has 0 saturated carbocycles. The van der Waals surface area contributed by atoms with E-state index in [1.54, 1.807) is 44.1 Å². The summed E-state index contributed by atoms with van der Waals surface area (Å²) in [6.07, 6.45) is 9.92. The van der Waals surface area contributed by atoms with Crippen LogP contribution in [0, 0.1) is 0 Å². The molecule has 4 heterocycles. The van der Waals surface area contributed by atoms with E-state index in [1.807, 2.05) is 18.2 Å². The Kier molecular flexibility index (Phi) is 6.44. The van der Waals surface area contributed by atoms with Crippen molar-refractivity contribution in [2.45, 2.75) is 19.4 Å². The molecule has 0 aliphatic heterocycles. The minimum absolute atomic E-state index is 0.189. The number of aromatic nitrogens is 5. The zero-order chi connectivity index (χ0) is 21.5. The number of rotatable bonds is 9. The highest BCUT2D eigenvalue weighted by Crippen LogP contribution is 2.19. The Bertz CT molecular complexity index is 1130. The van der Waals surface area contributed by atoms with Gasteiger partial charge in [-0.1, -0.05) is 0 Å². The Morgan fingerprint density at radius 2 is 2.06 bits per heavy atom. The van der Waals surface area contributed by atoms with Crippen LogP contribution in [0.15, 0.2) is 65.8 Å². The lowest BCUT2D eigenvalue weighted by atomic mass is 10.1. The number of hydrogen-bond acceptors (Lipinski definition) is 7. The van der Waals surface area contributed by atoms with E-state index in [-0.39, 0.29) is 12.5 Å². The number of pyridine rings is 1. The van der Waals surface area contributed by atoms with E-state index in [4.69, 9.17) is 9.15 Å². The first-order chi connectivity index (χ1) is 15.3. The number of nitrogens with zero attached hydrogens (tertiary/aromatic N) is 5. The number of carbonyl (C=O) groups is 1. The Morgan fingerprint density at radius 3 is 2.84 bits per heavy atom. The van der Waals surface area contributed by atoms with E-state index in [0.29, 0.717) is 35.2 Å². The molecule has 9 heteroatoms. The Hall–Kier alpha value is -3.85. The SMILES string of the molecule is COCc1c(C(=O)NCCCc2ccncc2)cnn1-c1nccc(-c2ccco2)n1. The Morgan fingerprint density at radius 1 is 1.19 bits per heavy atom. The molecule has 0 fully saturated rings. The Labute approximate surface area is 179 Å². The molecule has 0 radical (unpaired) electrons. The van der Waals surface area contributed by atoms with E-state index >= 15 is 0 Å². The summed E-state index contributed by atoms with van der Waals surface area (Å²) >= 11 is 0. The average molecular weight is 418 g/mol. The van der Waals surface area contributed by atoms with E-state index in [2.05, 4.69) is 25.4 Å². The lowest BCUT2D eigenvalue weighted by Gasteiger charge is -2.09. The van der Waals surface area contributed by atoms with E-state index in [9.17, 15) is 4.79 Å². The van der Waals surface area contributed by atoms with Crippen LogP contribution in [-0.4, -0.2) is 44.3 Å². The highest BCUT2D eigenvalue weighted by atomic mass is 16.5. The van der Waals surface area contributed by atoms with Crippen LogP contribution in [0.1, 0.15) is 28.0 Å². The van der Waals surface area contributed by atoms with Crippen LogP contribution < -0.4 is 5.32 Å². The fraction of sp³-hybridized carbons (Fsp3) is 0.227. The zero-order valence-corrected chi connectivity index (χ0v) is 17.1. The van der Waals surface area contributed by atoms with Gasteiger partial charge in [-0.3, -0.25) is 9.78 Å². The summed E-state index contributed by atoms with van der Waals surface area (Å²) < 4.78 is 12.2. The number of amides is 1. The second-order valence-corrected chi connectivity index (χ2v) is 6.78. The van der Waals surface area contributed by atoms with E-state index in [0.717, 1.165) is 12.8 Å². The lowest BCUT2D eigenvalue weighted by Crippen LogP contribution is -2.26. The second kappa shape index (κ2) is 9.77. The van der Waals surface area contributed by atoms with Gasteiger partial charge in [-0.2, -0.15) is 9.78 Å². The van der Waals surface area contributed by atoms with Gasteiger partial charge in [0.2, 0.25) is 0 Å². The number of carbonyl (C=O) groups excluding carboxylic acids is 1. The molecule has 0 aromatic carbocycles. The van der Waals surface area contributed by atoms with Crippen molar-refractivity contribution in [3.8, 4) is 17.4 Å². The number of nitrogens with one attached hydrogen (secondary N) is 1. The van der Waals surface area contributed by atoms with Gasteiger partial charge in [0.15, 0.2) is 5.76 Å². The second-order valence-electron chi connectivity index (χ2n) is 6.78. The van der Waals surface area contributed by atoms with Gasteiger partial charge in [-0.25, -0.2) is 9.97 Å². The van der Waals surface area contributed by atoms with Gasteiger partial charge < -0.3 is 14.5 Å². The maximum atomic E-state index is 12.8. The number of methoxy groups -OCH3 is 1. The molecule has 0 saturated heterocycles. The van der Waals surface area contributed by atoms with Crippen molar-refractivity contribution in [2.75, 3.05) is 13.7 Å². The highest BCUT2D eigenvalue weighted by molar-refractivity contribution is 5.95. The van der Waals surface area contributed by atoms with Crippen molar-refractivity contribution in [1.29, 1.82) is 0 Å². The fourth-order valence-electron chi connectivity index (χ4n) is 3.16. The van der Waals surface area contributed by atoms with Crippen molar-refractivity contribution in [3.63, 3.8) is 0 Å². The third-order valence-corrected chi connectivity index (χ3v) is 4.68. The first kappa shape index (κ1) is 20.4. The summed E-state index contributed by atoms with van der Waals surface area (Å²) in [5, 5.41) is 7.28. The van der Waals surface area contributed by atoms with Crippen LogP contribution in [-0.2, 0) is 17.8 Å². The quantitative estimate of drug-likeness (QED) is 0.416. The molecule has 1 amide bonds. The van der Waals surface area contributed by atoms with Crippen molar-refractivity contribution in [2.24, 2.45) is 0 Å². The van der Waals surface area contributed by atoms with Crippen molar-refractivity contribution in [3.05, 3.63) is 78.2 Å². The largest absolute Gasteiger partial charge is 0.463 e. The molecule has 0 atom stereocenters. The van der Waals surface area contributed by atoms with Crippen molar-refractivity contribution in [1.82, 2.24) is 30.0 Å². The monoisotopic (exact) mass is 418 g/mol. The number of hydrogen-bond donors (Lipinski definition) is 1. The molecule has 4 rings (SSSR count). The molecule has 0 aliphatic carbocycles. The van der Waals surface area contributed by atoms with Crippen LogP contribution in [0.4, 0.5) is 0 Å². The van der Waals surface area contributed by atoms with Crippen LogP contribution >= 0.6 is 0 Å². The number of furan rings is 1. The minimum atomic E-state index is -0.213. The predicted molar refractivity (Wildman–Crippen MR) is 112 cm³/mol. The first-order valence-electron chi connectivity index (χ1n) is 9.86. The number of ether oxygens (including phenoxy) is 1. The van der Waals surface area contributed by atoms with Gasteiger partial charge in [0.05, 0.1) is 30.3 Å². The topological polar surface area (TPSA) is 108 Å². The molecule has 158 valence electrons. The zero-order valence-electron chi connectivity index (χ0n) is 17.1. The van der Waals surface area contributed by atoms with Gasteiger partial charge in [-0.15, -0.1) is 0 Å². The van der Waals surface area contributed by atoms with Crippen LogP contribution in [0.2, 0.25) is 0 Å². The normalized spacial score (nSPS) is 10.9. The van der Waals surface area contributed by atoms with Gasteiger partial charge in [0.1, 0.15) is 5.69 Å². The van der Waals surface area contributed by atoms with Gasteiger partial charge in [0, 0.05) is 32.2 Å². The van der Waals surface area contributed by atoms with Gasteiger partial charge in [-0.05, 0) is 48.7 Å².